The Labute approximate surface area is 172 Å². The lowest BCUT2D eigenvalue weighted by molar-refractivity contribution is 0.0697. The van der Waals surface area contributed by atoms with E-state index >= 15 is 0 Å². The number of rotatable bonds is 4. The van der Waals surface area contributed by atoms with Crippen molar-refractivity contribution in [3.63, 3.8) is 0 Å². The van der Waals surface area contributed by atoms with E-state index in [1.165, 1.54) is 6.07 Å². The third kappa shape index (κ3) is 3.21. The number of hydrogen-bond donors (Lipinski definition) is 3. The predicted octanol–water partition coefficient (Wildman–Crippen LogP) is 5.16. The molecule has 0 radical (unpaired) electrons. The van der Waals surface area contributed by atoms with E-state index in [4.69, 9.17) is 5.11 Å². The second-order valence-electron chi connectivity index (χ2n) is 7.25. The van der Waals surface area contributed by atoms with Crippen molar-refractivity contribution in [1.82, 2.24) is 9.97 Å². The summed E-state index contributed by atoms with van der Waals surface area (Å²) >= 11 is 0. The Morgan fingerprint density at radius 1 is 0.833 bits per heavy atom. The number of carboxylic acid groups (broad SMARTS) is 1. The number of carbonyl (C=O) groups is 1. The third-order valence-corrected chi connectivity index (χ3v) is 5.32. The molecule has 3 N–H and O–H groups in total. The molecule has 146 valence electrons. The smallest absolute Gasteiger partial charge is 0.335 e. The van der Waals surface area contributed by atoms with Gasteiger partial charge in [-0.3, -0.25) is 0 Å². The van der Waals surface area contributed by atoms with Crippen LogP contribution in [0.3, 0.4) is 0 Å². The number of imidazole rings is 1. The van der Waals surface area contributed by atoms with Crippen molar-refractivity contribution in [1.29, 1.82) is 0 Å². The van der Waals surface area contributed by atoms with Crippen LogP contribution < -0.4 is 0 Å². The summed E-state index contributed by atoms with van der Waals surface area (Å²) < 4.78 is 0. The normalized spacial score (nSPS) is 12.3. The fraction of sp³-hybridized carbons (Fsp3) is 0.0400. The summed E-state index contributed by atoms with van der Waals surface area (Å²) in [4.78, 5) is 18.9. The number of aromatic nitrogens is 2. The molecule has 0 fully saturated rings. The van der Waals surface area contributed by atoms with Crippen molar-refractivity contribution >= 4 is 27.8 Å². The van der Waals surface area contributed by atoms with E-state index in [0.717, 1.165) is 27.5 Å². The van der Waals surface area contributed by atoms with Crippen LogP contribution in [-0.2, 0) is 0 Å². The van der Waals surface area contributed by atoms with Crippen LogP contribution in [0, 0.1) is 0 Å². The Hall–Kier alpha value is -3.96. The maximum absolute atomic E-state index is 11.2. The first-order valence-corrected chi connectivity index (χ1v) is 9.59. The standard InChI is InChI=1S/C25H18N2O3/c28-23(19-10-5-15-3-1-2-4-18(15)13-19)16-6-8-17(9-7-16)24-26-21-12-11-20(25(29)30)14-22(21)27-24/h1-14,23,28H,(H,26,27)(H,29,30). The van der Waals surface area contributed by atoms with E-state index in [1.54, 1.807) is 12.1 Å². The van der Waals surface area contributed by atoms with Gasteiger partial charge in [-0.25, -0.2) is 9.78 Å². The van der Waals surface area contributed by atoms with Gasteiger partial charge < -0.3 is 15.2 Å². The Bertz CT molecular complexity index is 1390. The fourth-order valence-corrected chi connectivity index (χ4v) is 3.67. The van der Waals surface area contributed by atoms with Crippen LogP contribution in [0.25, 0.3) is 33.2 Å². The maximum Gasteiger partial charge on any atom is 0.335 e. The Morgan fingerprint density at radius 3 is 2.33 bits per heavy atom. The van der Waals surface area contributed by atoms with Gasteiger partial charge in [-0.1, -0.05) is 60.7 Å². The highest BCUT2D eigenvalue weighted by Gasteiger charge is 2.13. The van der Waals surface area contributed by atoms with E-state index in [9.17, 15) is 9.90 Å². The molecule has 1 heterocycles. The molecule has 0 amide bonds. The quantitative estimate of drug-likeness (QED) is 0.393. The molecule has 0 spiro atoms. The SMILES string of the molecule is O=C(O)c1ccc2nc(-c3ccc(C(O)c4ccc5ccccc5c4)cc3)[nH]c2c1. The number of benzene rings is 4. The molecular formula is C25H18N2O3. The van der Waals surface area contributed by atoms with Gasteiger partial charge in [-0.15, -0.1) is 0 Å². The molecule has 0 aliphatic heterocycles. The van der Waals surface area contributed by atoms with Gasteiger partial charge in [0, 0.05) is 5.56 Å². The van der Waals surface area contributed by atoms with Gasteiger partial charge in [-0.2, -0.15) is 0 Å². The van der Waals surface area contributed by atoms with E-state index in [2.05, 4.69) is 9.97 Å². The van der Waals surface area contributed by atoms with Crippen LogP contribution in [0.1, 0.15) is 27.6 Å². The highest BCUT2D eigenvalue weighted by atomic mass is 16.4. The van der Waals surface area contributed by atoms with Crippen molar-refractivity contribution in [3.8, 4) is 11.4 Å². The number of aromatic amines is 1. The first kappa shape index (κ1) is 18.1. The summed E-state index contributed by atoms with van der Waals surface area (Å²) in [7, 11) is 0. The highest BCUT2D eigenvalue weighted by Crippen LogP contribution is 2.28. The Kier molecular flexibility index (Phi) is 4.30. The molecule has 0 aliphatic carbocycles. The average Bonchev–Trinajstić information content (AvgIpc) is 3.22. The maximum atomic E-state index is 11.2. The molecular weight excluding hydrogens is 376 g/mol. The molecule has 30 heavy (non-hydrogen) atoms. The Morgan fingerprint density at radius 2 is 1.57 bits per heavy atom. The molecule has 1 atom stereocenters. The van der Waals surface area contributed by atoms with Gasteiger partial charge >= 0.3 is 5.97 Å². The van der Waals surface area contributed by atoms with Crippen LogP contribution in [0.15, 0.2) is 84.9 Å². The van der Waals surface area contributed by atoms with Crippen LogP contribution >= 0.6 is 0 Å². The number of aromatic carboxylic acids is 1. The molecule has 0 bridgehead atoms. The number of carboxylic acids is 1. The van der Waals surface area contributed by atoms with E-state index in [-0.39, 0.29) is 5.56 Å². The summed E-state index contributed by atoms with van der Waals surface area (Å²) in [5.74, 6) is -0.320. The molecule has 5 rings (SSSR count). The molecule has 5 nitrogen and oxygen atoms in total. The van der Waals surface area contributed by atoms with Crippen molar-refractivity contribution < 1.29 is 15.0 Å². The van der Waals surface area contributed by atoms with E-state index < -0.39 is 12.1 Å². The van der Waals surface area contributed by atoms with Gasteiger partial charge in [0.05, 0.1) is 16.6 Å². The molecule has 1 aromatic heterocycles. The summed E-state index contributed by atoms with van der Waals surface area (Å²) in [5, 5.41) is 22.2. The van der Waals surface area contributed by atoms with E-state index in [1.807, 2.05) is 66.7 Å². The fourth-order valence-electron chi connectivity index (χ4n) is 3.67. The number of aliphatic hydroxyl groups is 1. The van der Waals surface area contributed by atoms with Gasteiger partial charge in [0.15, 0.2) is 0 Å². The minimum Gasteiger partial charge on any atom is -0.478 e. The van der Waals surface area contributed by atoms with Gasteiger partial charge in [0.1, 0.15) is 11.9 Å². The van der Waals surface area contributed by atoms with Crippen molar-refractivity contribution in [2.24, 2.45) is 0 Å². The van der Waals surface area contributed by atoms with Crippen molar-refractivity contribution in [2.45, 2.75) is 6.10 Å². The average molecular weight is 394 g/mol. The highest BCUT2D eigenvalue weighted by molar-refractivity contribution is 5.93. The first-order chi connectivity index (χ1) is 14.6. The molecule has 5 aromatic rings. The molecule has 0 saturated heterocycles. The second kappa shape index (κ2) is 7.13. The summed E-state index contributed by atoms with van der Waals surface area (Å²) in [5.41, 5.74) is 4.08. The lowest BCUT2D eigenvalue weighted by Crippen LogP contribution is -1.99. The number of aliphatic hydroxyl groups excluding tert-OH is 1. The topological polar surface area (TPSA) is 86.2 Å². The van der Waals surface area contributed by atoms with Gasteiger partial charge in [-0.05, 0) is 46.2 Å². The third-order valence-electron chi connectivity index (χ3n) is 5.32. The zero-order chi connectivity index (χ0) is 20.7. The number of H-pyrrole nitrogens is 1. The molecule has 5 heteroatoms. The van der Waals surface area contributed by atoms with Crippen LogP contribution in [-0.4, -0.2) is 26.2 Å². The minimum atomic E-state index is -0.972. The summed E-state index contributed by atoms with van der Waals surface area (Å²) in [6, 6.07) is 26.4. The Balaban J connectivity index is 1.44. The van der Waals surface area contributed by atoms with Crippen LogP contribution in [0.4, 0.5) is 0 Å². The van der Waals surface area contributed by atoms with Crippen molar-refractivity contribution in [3.05, 3.63) is 102 Å². The molecule has 0 aliphatic rings. The minimum absolute atomic E-state index is 0.214. The van der Waals surface area contributed by atoms with Gasteiger partial charge in [0.2, 0.25) is 0 Å². The lowest BCUT2D eigenvalue weighted by atomic mass is 9.98. The summed E-state index contributed by atoms with van der Waals surface area (Å²) in [6.45, 7) is 0. The monoisotopic (exact) mass is 394 g/mol. The first-order valence-electron chi connectivity index (χ1n) is 9.59. The molecule has 0 saturated carbocycles. The lowest BCUT2D eigenvalue weighted by Gasteiger charge is -2.13. The van der Waals surface area contributed by atoms with Crippen LogP contribution in [0.2, 0.25) is 0 Å². The van der Waals surface area contributed by atoms with Crippen LogP contribution in [0.5, 0.6) is 0 Å². The number of fused-ring (bicyclic) bond motifs is 2. The largest absolute Gasteiger partial charge is 0.478 e. The number of nitrogens with zero attached hydrogens (tertiary/aromatic N) is 1. The number of nitrogens with one attached hydrogen (secondary N) is 1. The number of hydrogen-bond acceptors (Lipinski definition) is 3. The zero-order valence-corrected chi connectivity index (χ0v) is 15.9. The zero-order valence-electron chi connectivity index (χ0n) is 15.9. The van der Waals surface area contributed by atoms with Gasteiger partial charge in [0.25, 0.3) is 0 Å². The van der Waals surface area contributed by atoms with E-state index in [0.29, 0.717) is 16.9 Å². The second-order valence-corrected chi connectivity index (χ2v) is 7.25. The van der Waals surface area contributed by atoms with Crippen molar-refractivity contribution in [2.75, 3.05) is 0 Å². The molecule has 1 unspecified atom stereocenters. The predicted molar refractivity (Wildman–Crippen MR) is 116 cm³/mol. The molecule has 4 aromatic carbocycles. The summed E-state index contributed by atoms with van der Waals surface area (Å²) in [6.07, 6.45) is -0.725.